The predicted octanol–water partition coefficient (Wildman–Crippen LogP) is 2.43. The molecular weight excluding hydrogens is 260 g/mol. The fourth-order valence-corrected chi connectivity index (χ4v) is 3.11. The molecule has 2 heterocycles. The molecule has 0 unspecified atom stereocenters. The third kappa shape index (κ3) is 1.74. The summed E-state index contributed by atoms with van der Waals surface area (Å²) in [5.41, 5.74) is 7.98. The van der Waals surface area contributed by atoms with Crippen molar-refractivity contribution in [2.24, 2.45) is 0 Å². The Labute approximate surface area is 114 Å². The minimum atomic E-state index is -0.300. The van der Waals surface area contributed by atoms with E-state index in [1.165, 1.54) is 4.90 Å². The summed E-state index contributed by atoms with van der Waals surface area (Å²) in [6.07, 6.45) is 0. The highest BCUT2D eigenvalue weighted by Crippen LogP contribution is 2.30. The molecule has 0 fully saturated rings. The van der Waals surface area contributed by atoms with Gasteiger partial charge < -0.3 is 5.73 Å². The number of benzene rings is 1. The van der Waals surface area contributed by atoms with Crippen LogP contribution < -0.4 is 5.73 Å². The van der Waals surface area contributed by atoms with Crippen LogP contribution in [0.15, 0.2) is 29.6 Å². The molecule has 0 radical (unpaired) electrons. The zero-order chi connectivity index (χ0) is 13.6. The fourth-order valence-electron chi connectivity index (χ4n) is 2.21. The van der Waals surface area contributed by atoms with Crippen molar-refractivity contribution in [2.45, 2.75) is 13.5 Å². The Morgan fingerprint density at radius 1 is 1.21 bits per heavy atom. The first-order valence-electron chi connectivity index (χ1n) is 5.87. The summed E-state index contributed by atoms with van der Waals surface area (Å²) < 4.78 is 0. The zero-order valence-corrected chi connectivity index (χ0v) is 11.2. The molecule has 19 heavy (non-hydrogen) atoms. The number of nitrogen functional groups attached to an aromatic ring is 1. The van der Waals surface area contributed by atoms with Crippen LogP contribution in [0.2, 0.25) is 0 Å². The van der Waals surface area contributed by atoms with Gasteiger partial charge in [0, 0.05) is 10.6 Å². The SMILES string of the molecule is Cc1ccsc1CN1C(=O)c2cccc(N)c2C1=O. The average molecular weight is 272 g/mol. The van der Waals surface area contributed by atoms with Crippen LogP contribution in [-0.4, -0.2) is 16.7 Å². The van der Waals surface area contributed by atoms with Gasteiger partial charge in [0.2, 0.25) is 0 Å². The van der Waals surface area contributed by atoms with E-state index < -0.39 is 0 Å². The van der Waals surface area contributed by atoms with Crippen molar-refractivity contribution in [1.82, 2.24) is 4.90 Å². The van der Waals surface area contributed by atoms with Crippen LogP contribution in [-0.2, 0) is 6.54 Å². The van der Waals surface area contributed by atoms with Gasteiger partial charge in [-0.3, -0.25) is 14.5 Å². The number of carbonyl (C=O) groups excluding carboxylic acids is 2. The lowest BCUT2D eigenvalue weighted by molar-refractivity contribution is 0.0644. The molecule has 0 bridgehead atoms. The molecule has 96 valence electrons. The molecule has 1 aliphatic heterocycles. The molecule has 4 nitrogen and oxygen atoms in total. The summed E-state index contributed by atoms with van der Waals surface area (Å²) in [5.74, 6) is -0.564. The second-order valence-electron chi connectivity index (χ2n) is 4.49. The largest absolute Gasteiger partial charge is 0.398 e. The van der Waals surface area contributed by atoms with Crippen molar-refractivity contribution in [2.75, 3.05) is 5.73 Å². The number of rotatable bonds is 2. The minimum absolute atomic E-state index is 0.264. The van der Waals surface area contributed by atoms with Crippen LogP contribution >= 0.6 is 11.3 Å². The predicted molar refractivity (Wildman–Crippen MR) is 74.1 cm³/mol. The Bertz CT molecular complexity index is 691. The van der Waals surface area contributed by atoms with Crippen molar-refractivity contribution in [1.29, 1.82) is 0 Å². The van der Waals surface area contributed by atoms with Crippen molar-refractivity contribution in [3.8, 4) is 0 Å². The number of nitrogens with zero attached hydrogens (tertiary/aromatic N) is 1. The highest BCUT2D eigenvalue weighted by Gasteiger charge is 2.37. The minimum Gasteiger partial charge on any atom is -0.398 e. The Hall–Kier alpha value is -2.14. The second kappa shape index (κ2) is 4.20. The molecule has 0 aliphatic carbocycles. The molecule has 1 aliphatic rings. The van der Waals surface area contributed by atoms with Gasteiger partial charge in [-0.1, -0.05) is 6.07 Å². The smallest absolute Gasteiger partial charge is 0.263 e. The Balaban J connectivity index is 1.99. The summed E-state index contributed by atoms with van der Waals surface area (Å²) in [7, 11) is 0. The monoisotopic (exact) mass is 272 g/mol. The first-order chi connectivity index (χ1) is 9.09. The maximum atomic E-state index is 12.3. The number of anilines is 1. The van der Waals surface area contributed by atoms with E-state index in [0.717, 1.165) is 10.4 Å². The molecular formula is C14H12N2O2S. The number of fused-ring (bicyclic) bond motifs is 1. The lowest BCUT2D eigenvalue weighted by Crippen LogP contribution is -2.29. The summed E-state index contributed by atoms with van der Waals surface area (Å²) in [6.45, 7) is 2.29. The molecule has 0 saturated carbocycles. The normalized spacial score (nSPS) is 14.1. The van der Waals surface area contributed by atoms with Gasteiger partial charge in [-0.25, -0.2) is 0 Å². The van der Waals surface area contributed by atoms with E-state index in [-0.39, 0.29) is 11.8 Å². The van der Waals surface area contributed by atoms with Gasteiger partial charge in [0.1, 0.15) is 0 Å². The molecule has 1 aromatic carbocycles. The topological polar surface area (TPSA) is 63.4 Å². The summed E-state index contributed by atoms with van der Waals surface area (Å²) >= 11 is 1.55. The average Bonchev–Trinajstić information content (AvgIpc) is 2.88. The number of nitrogens with two attached hydrogens (primary N) is 1. The number of aryl methyl sites for hydroxylation is 1. The number of amides is 2. The van der Waals surface area contributed by atoms with Crippen molar-refractivity contribution in [3.05, 3.63) is 51.2 Å². The zero-order valence-electron chi connectivity index (χ0n) is 10.3. The van der Waals surface area contributed by atoms with E-state index >= 15 is 0 Å². The van der Waals surface area contributed by atoms with Crippen LogP contribution in [0, 0.1) is 6.92 Å². The summed E-state index contributed by atoms with van der Waals surface area (Å²) in [6, 6.07) is 6.96. The first-order valence-corrected chi connectivity index (χ1v) is 6.75. The lowest BCUT2D eigenvalue weighted by atomic mass is 10.1. The van der Waals surface area contributed by atoms with Crippen LogP contribution in [0.1, 0.15) is 31.2 Å². The molecule has 5 heteroatoms. The van der Waals surface area contributed by atoms with Crippen LogP contribution in [0.4, 0.5) is 5.69 Å². The van der Waals surface area contributed by atoms with Crippen LogP contribution in [0.3, 0.4) is 0 Å². The van der Waals surface area contributed by atoms with Gasteiger partial charge in [0.15, 0.2) is 0 Å². The summed E-state index contributed by atoms with van der Waals surface area (Å²) in [4.78, 5) is 26.8. The molecule has 3 rings (SSSR count). The number of imide groups is 1. The van der Waals surface area contributed by atoms with E-state index in [4.69, 9.17) is 5.73 Å². The number of carbonyl (C=O) groups is 2. The van der Waals surface area contributed by atoms with Gasteiger partial charge in [0.05, 0.1) is 17.7 Å². The third-order valence-electron chi connectivity index (χ3n) is 3.30. The Kier molecular flexibility index (Phi) is 2.64. The van der Waals surface area contributed by atoms with Gasteiger partial charge in [0.25, 0.3) is 11.8 Å². The highest BCUT2D eigenvalue weighted by molar-refractivity contribution is 7.10. The molecule has 1 aromatic heterocycles. The lowest BCUT2D eigenvalue weighted by Gasteiger charge is -2.13. The third-order valence-corrected chi connectivity index (χ3v) is 4.31. The molecule has 0 spiro atoms. The van der Waals surface area contributed by atoms with E-state index in [1.54, 1.807) is 29.5 Å². The Morgan fingerprint density at radius 3 is 2.63 bits per heavy atom. The molecule has 0 saturated heterocycles. The van der Waals surface area contributed by atoms with Gasteiger partial charge >= 0.3 is 0 Å². The molecule has 2 N–H and O–H groups in total. The summed E-state index contributed by atoms with van der Waals surface area (Å²) in [5, 5.41) is 1.96. The van der Waals surface area contributed by atoms with E-state index in [2.05, 4.69) is 0 Å². The van der Waals surface area contributed by atoms with Crippen LogP contribution in [0.5, 0.6) is 0 Å². The second-order valence-corrected chi connectivity index (χ2v) is 5.49. The highest BCUT2D eigenvalue weighted by atomic mass is 32.1. The van der Waals surface area contributed by atoms with E-state index in [9.17, 15) is 9.59 Å². The van der Waals surface area contributed by atoms with Crippen molar-refractivity contribution in [3.63, 3.8) is 0 Å². The molecule has 2 amide bonds. The van der Waals surface area contributed by atoms with Gasteiger partial charge in [-0.2, -0.15) is 0 Å². The maximum absolute atomic E-state index is 12.3. The maximum Gasteiger partial charge on any atom is 0.263 e. The number of hydrogen-bond donors (Lipinski definition) is 1. The van der Waals surface area contributed by atoms with E-state index in [1.807, 2.05) is 18.4 Å². The van der Waals surface area contributed by atoms with Gasteiger partial charge in [-0.05, 0) is 36.1 Å². The first kappa shape index (κ1) is 11.9. The van der Waals surface area contributed by atoms with E-state index in [0.29, 0.717) is 23.4 Å². The number of thiophene rings is 1. The Morgan fingerprint density at radius 2 is 2.00 bits per heavy atom. The van der Waals surface area contributed by atoms with Gasteiger partial charge in [-0.15, -0.1) is 11.3 Å². The molecule has 2 aromatic rings. The molecule has 0 atom stereocenters. The van der Waals surface area contributed by atoms with Crippen molar-refractivity contribution >= 4 is 28.8 Å². The van der Waals surface area contributed by atoms with Crippen molar-refractivity contribution < 1.29 is 9.59 Å². The fraction of sp³-hybridized carbons (Fsp3) is 0.143. The quantitative estimate of drug-likeness (QED) is 0.674. The number of hydrogen-bond acceptors (Lipinski definition) is 4. The standard InChI is InChI=1S/C14H12N2O2S/c1-8-5-6-19-11(8)7-16-13(17)9-3-2-4-10(15)12(9)14(16)18/h2-6H,7,15H2,1H3. The van der Waals surface area contributed by atoms with Crippen LogP contribution in [0.25, 0.3) is 0 Å².